The number of anilines is 1. The summed E-state index contributed by atoms with van der Waals surface area (Å²) >= 11 is 0. The van der Waals surface area contributed by atoms with E-state index in [1.165, 1.54) is 6.33 Å². The quantitative estimate of drug-likeness (QED) is 0.694. The van der Waals surface area contributed by atoms with Crippen molar-refractivity contribution in [3.8, 4) is 0 Å². The van der Waals surface area contributed by atoms with Crippen LogP contribution in [0.15, 0.2) is 10.7 Å². The van der Waals surface area contributed by atoms with Gasteiger partial charge in [-0.15, -0.1) is 0 Å². The highest BCUT2D eigenvalue weighted by atomic mass is 16.4. The average Bonchev–Trinajstić information content (AvgIpc) is 2.45. The lowest BCUT2D eigenvalue weighted by Gasteiger charge is -1.92. The molecule has 14 heavy (non-hydrogen) atoms. The van der Waals surface area contributed by atoms with Crippen molar-refractivity contribution in [2.45, 2.75) is 6.92 Å². The second-order valence-corrected chi connectivity index (χ2v) is 2.78. The van der Waals surface area contributed by atoms with Crippen LogP contribution in [0, 0.1) is 6.92 Å². The highest BCUT2D eigenvalue weighted by Gasteiger charge is 2.19. The Bertz CT molecular complexity index is 518. The molecule has 0 saturated carbocycles. The molecule has 0 saturated heterocycles. The van der Waals surface area contributed by atoms with Crippen LogP contribution in [-0.4, -0.2) is 21.0 Å². The minimum atomic E-state index is -1.17. The molecule has 0 amide bonds. The number of rotatable bonds is 1. The Morgan fingerprint density at radius 3 is 2.93 bits per heavy atom. The molecular weight excluding hydrogens is 186 g/mol. The highest BCUT2D eigenvalue weighted by molar-refractivity contribution is 6.03. The molecule has 0 radical (unpaired) electrons. The SMILES string of the molecule is Cc1oc(C(=O)O)c2ncnc(N)c12. The lowest BCUT2D eigenvalue weighted by molar-refractivity contribution is 0.0663. The molecule has 0 aliphatic carbocycles. The summed E-state index contributed by atoms with van der Waals surface area (Å²) < 4.78 is 5.03. The van der Waals surface area contributed by atoms with Gasteiger partial charge in [0.15, 0.2) is 0 Å². The van der Waals surface area contributed by atoms with Gasteiger partial charge in [-0.3, -0.25) is 0 Å². The summed E-state index contributed by atoms with van der Waals surface area (Å²) in [4.78, 5) is 18.3. The van der Waals surface area contributed by atoms with E-state index in [0.717, 1.165) is 0 Å². The molecule has 2 rings (SSSR count). The number of carboxylic acid groups (broad SMARTS) is 1. The van der Waals surface area contributed by atoms with Gasteiger partial charge in [0, 0.05) is 0 Å². The minimum absolute atomic E-state index is 0.202. The topological polar surface area (TPSA) is 102 Å². The van der Waals surface area contributed by atoms with Crippen molar-refractivity contribution in [2.75, 3.05) is 5.73 Å². The predicted octanol–water partition coefficient (Wildman–Crippen LogP) is 0.812. The number of nitrogens with two attached hydrogens (primary N) is 1. The van der Waals surface area contributed by atoms with Gasteiger partial charge in [0.05, 0.1) is 5.39 Å². The number of aryl methyl sites for hydroxylation is 1. The Labute approximate surface area is 78.4 Å². The Balaban J connectivity index is 2.91. The van der Waals surface area contributed by atoms with E-state index >= 15 is 0 Å². The fourth-order valence-corrected chi connectivity index (χ4v) is 1.32. The first-order chi connectivity index (χ1) is 6.61. The maximum absolute atomic E-state index is 10.7. The normalized spacial score (nSPS) is 10.6. The number of fused-ring (bicyclic) bond motifs is 1. The molecule has 0 bridgehead atoms. The van der Waals surface area contributed by atoms with Gasteiger partial charge in [0.1, 0.15) is 23.4 Å². The molecule has 0 fully saturated rings. The molecule has 6 heteroatoms. The van der Waals surface area contributed by atoms with Crippen molar-refractivity contribution in [1.29, 1.82) is 0 Å². The third-order valence-corrected chi connectivity index (χ3v) is 1.89. The standard InChI is InChI=1S/C8H7N3O3/c1-3-4-5(6(14-3)8(12)13)10-2-11-7(4)9/h2H,1H3,(H,12,13)(H2,9,10,11). The van der Waals surface area contributed by atoms with Gasteiger partial charge in [-0.05, 0) is 6.92 Å². The molecule has 2 aromatic rings. The number of aromatic nitrogens is 2. The molecule has 2 heterocycles. The number of carbonyl (C=O) groups is 1. The summed E-state index contributed by atoms with van der Waals surface area (Å²) in [6, 6.07) is 0. The number of hydrogen-bond donors (Lipinski definition) is 2. The van der Waals surface area contributed by atoms with Gasteiger partial charge < -0.3 is 15.3 Å². The smallest absolute Gasteiger partial charge is 0.374 e. The van der Waals surface area contributed by atoms with Crippen molar-refractivity contribution in [2.24, 2.45) is 0 Å². The second kappa shape index (κ2) is 2.69. The molecule has 3 N–H and O–H groups in total. The van der Waals surface area contributed by atoms with Crippen molar-refractivity contribution in [1.82, 2.24) is 9.97 Å². The molecule has 0 aromatic carbocycles. The Hall–Kier alpha value is -2.11. The van der Waals surface area contributed by atoms with E-state index in [1.807, 2.05) is 0 Å². The van der Waals surface area contributed by atoms with Crippen molar-refractivity contribution in [3.05, 3.63) is 17.8 Å². The van der Waals surface area contributed by atoms with Crippen LogP contribution in [0.4, 0.5) is 5.82 Å². The largest absolute Gasteiger partial charge is 0.475 e. The number of hydrogen-bond acceptors (Lipinski definition) is 5. The molecule has 0 aliphatic heterocycles. The van der Waals surface area contributed by atoms with E-state index in [0.29, 0.717) is 11.1 Å². The maximum Gasteiger partial charge on any atom is 0.374 e. The lowest BCUT2D eigenvalue weighted by atomic mass is 10.2. The van der Waals surface area contributed by atoms with E-state index in [9.17, 15) is 4.79 Å². The number of furan rings is 1. The van der Waals surface area contributed by atoms with Gasteiger partial charge in [0.25, 0.3) is 0 Å². The van der Waals surface area contributed by atoms with Gasteiger partial charge in [-0.25, -0.2) is 14.8 Å². The number of carboxylic acids is 1. The van der Waals surface area contributed by atoms with Crippen LogP contribution in [-0.2, 0) is 0 Å². The average molecular weight is 193 g/mol. The molecule has 6 nitrogen and oxygen atoms in total. The highest BCUT2D eigenvalue weighted by Crippen LogP contribution is 2.26. The predicted molar refractivity (Wildman–Crippen MR) is 47.9 cm³/mol. The van der Waals surface area contributed by atoms with E-state index in [1.54, 1.807) is 6.92 Å². The zero-order chi connectivity index (χ0) is 10.3. The van der Waals surface area contributed by atoms with E-state index in [-0.39, 0.29) is 17.1 Å². The summed E-state index contributed by atoms with van der Waals surface area (Å²) in [5.41, 5.74) is 5.80. The lowest BCUT2D eigenvalue weighted by Crippen LogP contribution is -1.96. The van der Waals surface area contributed by atoms with Gasteiger partial charge >= 0.3 is 5.97 Å². The van der Waals surface area contributed by atoms with Crippen LogP contribution >= 0.6 is 0 Å². The summed E-state index contributed by atoms with van der Waals surface area (Å²) in [6.45, 7) is 1.62. The Kier molecular flexibility index (Phi) is 1.63. The zero-order valence-corrected chi connectivity index (χ0v) is 7.31. The van der Waals surface area contributed by atoms with Crippen LogP contribution in [0.2, 0.25) is 0 Å². The number of aromatic carboxylic acids is 1. The minimum Gasteiger partial charge on any atom is -0.475 e. The van der Waals surface area contributed by atoms with Crippen molar-refractivity contribution >= 4 is 22.7 Å². The van der Waals surface area contributed by atoms with Crippen LogP contribution in [0.3, 0.4) is 0 Å². The molecule has 0 unspecified atom stereocenters. The van der Waals surface area contributed by atoms with E-state index < -0.39 is 5.97 Å². The third kappa shape index (κ3) is 1.00. The second-order valence-electron chi connectivity index (χ2n) is 2.78. The molecular formula is C8H7N3O3. The first-order valence-electron chi connectivity index (χ1n) is 3.84. The monoisotopic (exact) mass is 193 g/mol. The van der Waals surface area contributed by atoms with Crippen LogP contribution in [0.25, 0.3) is 10.9 Å². The fraction of sp³-hybridized carbons (Fsp3) is 0.125. The Morgan fingerprint density at radius 1 is 1.57 bits per heavy atom. The molecule has 0 atom stereocenters. The van der Waals surface area contributed by atoms with Gasteiger partial charge in [-0.2, -0.15) is 0 Å². The van der Waals surface area contributed by atoms with Crippen molar-refractivity contribution in [3.63, 3.8) is 0 Å². The fourth-order valence-electron chi connectivity index (χ4n) is 1.32. The van der Waals surface area contributed by atoms with E-state index in [4.69, 9.17) is 15.3 Å². The summed E-state index contributed by atoms with van der Waals surface area (Å²) in [6.07, 6.45) is 1.21. The third-order valence-electron chi connectivity index (χ3n) is 1.89. The number of nitrogen functional groups attached to an aromatic ring is 1. The molecule has 2 aromatic heterocycles. The van der Waals surface area contributed by atoms with Gasteiger partial charge in [-0.1, -0.05) is 0 Å². The Morgan fingerprint density at radius 2 is 2.29 bits per heavy atom. The van der Waals surface area contributed by atoms with Crippen LogP contribution in [0.1, 0.15) is 16.3 Å². The summed E-state index contributed by atoms with van der Waals surface area (Å²) in [7, 11) is 0. The first-order valence-corrected chi connectivity index (χ1v) is 3.84. The molecule has 0 spiro atoms. The maximum atomic E-state index is 10.7. The summed E-state index contributed by atoms with van der Waals surface area (Å²) in [5.74, 6) is -0.730. The number of nitrogens with zero attached hydrogens (tertiary/aromatic N) is 2. The zero-order valence-electron chi connectivity index (χ0n) is 7.31. The van der Waals surface area contributed by atoms with Crippen LogP contribution < -0.4 is 5.73 Å². The van der Waals surface area contributed by atoms with Crippen molar-refractivity contribution < 1.29 is 14.3 Å². The first kappa shape index (κ1) is 8.49. The van der Waals surface area contributed by atoms with Crippen LogP contribution in [0.5, 0.6) is 0 Å². The summed E-state index contributed by atoms with van der Waals surface area (Å²) in [5, 5.41) is 9.25. The van der Waals surface area contributed by atoms with E-state index in [2.05, 4.69) is 9.97 Å². The molecule has 72 valence electrons. The molecule has 0 aliphatic rings. The van der Waals surface area contributed by atoms with Gasteiger partial charge in [0.2, 0.25) is 5.76 Å².